The minimum Gasteiger partial charge on any atom is -0.337 e. The van der Waals surface area contributed by atoms with Gasteiger partial charge in [0.15, 0.2) is 12.1 Å². The zero-order valence-corrected chi connectivity index (χ0v) is 17.6. The second-order valence-electron chi connectivity index (χ2n) is 7.23. The third-order valence-electron chi connectivity index (χ3n) is 5.32. The molecule has 2 aliphatic rings. The second-order valence-corrected chi connectivity index (χ2v) is 8.11. The van der Waals surface area contributed by atoms with Crippen molar-refractivity contribution in [2.45, 2.75) is 30.4 Å². The van der Waals surface area contributed by atoms with Gasteiger partial charge in [-0.25, -0.2) is 4.90 Å². The van der Waals surface area contributed by atoms with Crippen molar-refractivity contribution in [1.82, 2.24) is 15.1 Å². The van der Waals surface area contributed by atoms with Crippen LogP contribution in [0.3, 0.4) is 0 Å². The van der Waals surface area contributed by atoms with E-state index in [0.29, 0.717) is 17.4 Å². The summed E-state index contributed by atoms with van der Waals surface area (Å²) in [4.78, 5) is 32.6. The van der Waals surface area contributed by atoms with E-state index in [9.17, 15) is 9.59 Å². The van der Waals surface area contributed by atoms with Crippen LogP contribution in [0.4, 0.5) is 5.69 Å². The van der Waals surface area contributed by atoms with Crippen molar-refractivity contribution in [2.75, 3.05) is 11.2 Å². The number of aromatic nitrogens is 2. The Bertz CT molecular complexity index is 1210. The summed E-state index contributed by atoms with van der Waals surface area (Å²) in [6.07, 6.45) is 1.94. The normalized spacial score (nSPS) is 20.1. The molecular weight excluding hydrogens is 416 g/mol. The highest BCUT2D eigenvalue weighted by molar-refractivity contribution is 7.98. The smallest absolute Gasteiger partial charge is 0.263 e. The van der Waals surface area contributed by atoms with Crippen LogP contribution in [0.15, 0.2) is 68.3 Å². The summed E-state index contributed by atoms with van der Waals surface area (Å²) >= 11 is 1.54. The average Bonchev–Trinajstić information content (AvgIpc) is 3.47. The molecule has 2 amide bonds. The first-order valence-electron chi connectivity index (χ1n) is 9.64. The zero-order valence-electron chi connectivity index (χ0n) is 16.8. The van der Waals surface area contributed by atoms with Crippen molar-refractivity contribution in [3.8, 4) is 11.4 Å². The van der Waals surface area contributed by atoms with Gasteiger partial charge in [-0.05, 0) is 36.9 Å². The van der Waals surface area contributed by atoms with Crippen LogP contribution in [0.2, 0.25) is 0 Å². The van der Waals surface area contributed by atoms with Crippen molar-refractivity contribution in [3.63, 3.8) is 0 Å². The maximum atomic E-state index is 13.1. The number of imide groups is 1. The summed E-state index contributed by atoms with van der Waals surface area (Å²) in [5.74, 6) is 0.00794. The van der Waals surface area contributed by atoms with E-state index >= 15 is 0 Å². The molecule has 0 N–H and O–H groups in total. The molecule has 0 bridgehead atoms. The Kier molecular flexibility index (Phi) is 4.78. The fourth-order valence-electron chi connectivity index (χ4n) is 3.75. The van der Waals surface area contributed by atoms with Crippen molar-refractivity contribution < 1.29 is 14.1 Å². The summed E-state index contributed by atoms with van der Waals surface area (Å²) in [6, 6.07) is 13.3. The zero-order chi connectivity index (χ0) is 21.5. The van der Waals surface area contributed by atoms with Crippen molar-refractivity contribution in [1.29, 1.82) is 0 Å². The SMILES string of the molecule is CSc1cccc(N2C(=O)[C@H]3N=NN(Cc4nc(-c5ccccc5C)no4)[C@H]3C2=O)c1. The molecule has 9 nitrogen and oxygen atoms in total. The summed E-state index contributed by atoms with van der Waals surface area (Å²) in [6.45, 7) is 2.05. The summed E-state index contributed by atoms with van der Waals surface area (Å²) < 4.78 is 5.37. The lowest BCUT2D eigenvalue weighted by molar-refractivity contribution is -0.123. The minimum atomic E-state index is -0.871. The molecule has 2 aromatic carbocycles. The van der Waals surface area contributed by atoms with Crippen LogP contribution in [-0.2, 0) is 16.1 Å². The molecule has 5 rings (SSSR count). The first kappa shape index (κ1) is 19.4. The van der Waals surface area contributed by atoms with Gasteiger partial charge in [-0.2, -0.15) is 10.1 Å². The van der Waals surface area contributed by atoms with Gasteiger partial charge in [0.05, 0.1) is 5.69 Å². The molecule has 1 saturated heterocycles. The number of benzene rings is 2. The fraction of sp³-hybridized carbons (Fsp3) is 0.238. The van der Waals surface area contributed by atoms with Crippen LogP contribution in [0.25, 0.3) is 11.4 Å². The molecule has 156 valence electrons. The standard InChI is InChI=1S/C21H18N6O3S/c1-12-6-3-4-9-15(12)19-22-16(30-24-19)11-26-18-17(23-25-26)20(28)27(21(18)29)13-7-5-8-14(10-13)31-2/h3-10,17-18H,11H2,1-2H3/t17-,18+/m0/s1. The van der Waals surface area contributed by atoms with E-state index in [1.165, 1.54) is 9.91 Å². The highest BCUT2D eigenvalue weighted by Gasteiger charge is 2.55. The molecule has 3 heterocycles. The van der Waals surface area contributed by atoms with Gasteiger partial charge in [0.2, 0.25) is 11.7 Å². The lowest BCUT2D eigenvalue weighted by atomic mass is 10.1. The van der Waals surface area contributed by atoms with Gasteiger partial charge in [-0.15, -0.1) is 11.8 Å². The largest absolute Gasteiger partial charge is 0.337 e. The number of fused-ring (bicyclic) bond motifs is 1. The number of amides is 2. The van der Waals surface area contributed by atoms with Crippen molar-refractivity contribution >= 4 is 29.3 Å². The van der Waals surface area contributed by atoms with Gasteiger partial charge in [0.25, 0.3) is 11.8 Å². The molecule has 2 atom stereocenters. The predicted molar refractivity (Wildman–Crippen MR) is 113 cm³/mol. The lowest BCUT2D eigenvalue weighted by Gasteiger charge is -2.19. The summed E-state index contributed by atoms with van der Waals surface area (Å²) in [7, 11) is 0. The third kappa shape index (κ3) is 3.28. The maximum Gasteiger partial charge on any atom is 0.263 e. The monoisotopic (exact) mass is 434 g/mol. The van der Waals surface area contributed by atoms with E-state index < -0.39 is 12.1 Å². The van der Waals surface area contributed by atoms with E-state index in [0.717, 1.165) is 16.0 Å². The van der Waals surface area contributed by atoms with E-state index in [1.807, 2.05) is 55.6 Å². The van der Waals surface area contributed by atoms with Crippen molar-refractivity contribution in [2.24, 2.45) is 10.3 Å². The number of anilines is 1. The van der Waals surface area contributed by atoms with Gasteiger partial charge < -0.3 is 4.52 Å². The highest BCUT2D eigenvalue weighted by atomic mass is 32.2. The number of rotatable bonds is 5. The van der Waals surface area contributed by atoms with E-state index in [1.54, 1.807) is 17.8 Å². The molecule has 1 aromatic heterocycles. The number of aryl methyl sites for hydroxylation is 1. The van der Waals surface area contributed by atoms with E-state index in [4.69, 9.17) is 4.52 Å². The Morgan fingerprint density at radius 2 is 1.94 bits per heavy atom. The molecule has 0 unspecified atom stereocenters. The predicted octanol–water partition coefficient (Wildman–Crippen LogP) is 3.26. The van der Waals surface area contributed by atoms with Crippen LogP contribution in [-0.4, -0.2) is 45.3 Å². The minimum absolute atomic E-state index is 0.0846. The van der Waals surface area contributed by atoms with Gasteiger partial charge in [-0.1, -0.05) is 40.7 Å². The number of hydrogen-bond donors (Lipinski definition) is 0. The first-order valence-corrected chi connectivity index (χ1v) is 10.9. The molecule has 2 aliphatic heterocycles. The molecule has 0 saturated carbocycles. The van der Waals surface area contributed by atoms with Crippen LogP contribution in [0, 0.1) is 6.92 Å². The average molecular weight is 434 g/mol. The molecule has 0 spiro atoms. The summed E-state index contributed by atoms with van der Waals surface area (Å²) in [5.41, 5.74) is 2.42. The Labute approximate surface area is 182 Å². The van der Waals surface area contributed by atoms with Gasteiger partial charge in [0.1, 0.15) is 6.54 Å². The molecule has 1 fully saturated rings. The molecular formula is C21H18N6O3S. The maximum absolute atomic E-state index is 13.1. The highest BCUT2D eigenvalue weighted by Crippen LogP contribution is 2.34. The van der Waals surface area contributed by atoms with Crippen LogP contribution in [0.1, 0.15) is 11.5 Å². The molecule has 0 aliphatic carbocycles. The topological polar surface area (TPSA) is 104 Å². The molecule has 10 heteroatoms. The summed E-state index contributed by atoms with van der Waals surface area (Å²) in [5, 5.41) is 13.6. The Morgan fingerprint density at radius 3 is 2.74 bits per heavy atom. The quantitative estimate of drug-likeness (QED) is 0.448. The van der Waals surface area contributed by atoms with E-state index in [2.05, 4.69) is 20.5 Å². The van der Waals surface area contributed by atoms with Gasteiger partial charge >= 0.3 is 0 Å². The number of carbonyl (C=O) groups is 2. The number of carbonyl (C=O) groups excluding carboxylic acids is 2. The first-order chi connectivity index (χ1) is 15.1. The Morgan fingerprint density at radius 1 is 1.10 bits per heavy atom. The molecule has 0 radical (unpaired) electrons. The van der Waals surface area contributed by atoms with Gasteiger partial charge in [-0.3, -0.25) is 14.6 Å². The van der Waals surface area contributed by atoms with Crippen molar-refractivity contribution in [3.05, 3.63) is 60.0 Å². The van der Waals surface area contributed by atoms with Crippen LogP contribution in [0.5, 0.6) is 0 Å². The van der Waals surface area contributed by atoms with Crippen LogP contribution >= 0.6 is 11.8 Å². The Hall–Kier alpha value is -3.53. The third-order valence-corrected chi connectivity index (χ3v) is 6.05. The number of thioether (sulfide) groups is 1. The second kappa shape index (κ2) is 7.62. The van der Waals surface area contributed by atoms with Gasteiger partial charge in [0, 0.05) is 10.5 Å². The Balaban J connectivity index is 1.37. The molecule has 31 heavy (non-hydrogen) atoms. The fourth-order valence-corrected chi connectivity index (χ4v) is 4.20. The van der Waals surface area contributed by atoms with Crippen LogP contribution < -0.4 is 4.90 Å². The molecule has 3 aromatic rings. The van der Waals surface area contributed by atoms with E-state index in [-0.39, 0.29) is 18.4 Å². The number of hydrogen-bond acceptors (Lipinski definition) is 9. The number of nitrogens with zero attached hydrogens (tertiary/aromatic N) is 6. The lowest BCUT2D eigenvalue weighted by Crippen LogP contribution is -2.39.